The van der Waals surface area contributed by atoms with Crippen molar-refractivity contribution in [2.45, 2.75) is 27.4 Å². The Labute approximate surface area is 161 Å². The van der Waals surface area contributed by atoms with Crippen molar-refractivity contribution in [1.82, 2.24) is 4.98 Å². The number of nitrogens with zero attached hydrogens (tertiary/aromatic N) is 1. The Hall–Kier alpha value is -1.52. The van der Waals surface area contributed by atoms with Gasteiger partial charge in [-0.2, -0.15) is 0 Å². The molecule has 2 aromatic heterocycles. The van der Waals surface area contributed by atoms with E-state index < -0.39 is 6.10 Å². The molecule has 3 nitrogen and oxygen atoms in total. The molecule has 131 valence electrons. The van der Waals surface area contributed by atoms with Crippen LogP contribution < -0.4 is 0 Å². The van der Waals surface area contributed by atoms with Crippen LogP contribution in [0.5, 0.6) is 0 Å². The molecule has 0 saturated carbocycles. The molecule has 5 heteroatoms. The molecule has 0 bridgehead atoms. The zero-order chi connectivity index (χ0) is 15.9. The van der Waals surface area contributed by atoms with Crippen LogP contribution in [0.1, 0.15) is 21.3 Å². The molecule has 3 aromatic rings. The molecule has 2 heterocycles. The first-order chi connectivity index (χ1) is 10.6. The number of hydrogen-bond acceptors (Lipinski definition) is 4. The number of benzene rings is 1. The fraction of sp³-hybridized carbons (Fsp3) is 0.211. The summed E-state index contributed by atoms with van der Waals surface area (Å²) in [5, 5.41) is 20.2. The van der Waals surface area contributed by atoms with E-state index in [-0.39, 0.29) is 33.3 Å². The standard InChI is InChI=1S/C13H8NS.C5H10O2.CH4.Ir/c1-2-4-10(5-3-1)13-11-7-9-15-12(11)6-8-14-13;1-4(6)3-5(2)7;;/h1-4,6-9H;3-4,6-7H,1-2H3;1H4;/q-1;;;. The SMILES string of the molecule is C.CC(O)=CC(C)O.[Ir].[c-]1ccccc1-c1nccc2sccc12. The van der Waals surface area contributed by atoms with Crippen LogP contribution in [0.25, 0.3) is 21.3 Å². The predicted molar refractivity (Wildman–Crippen MR) is 98.7 cm³/mol. The van der Waals surface area contributed by atoms with Gasteiger partial charge in [0.25, 0.3) is 0 Å². The van der Waals surface area contributed by atoms with E-state index in [1.165, 1.54) is 23.1 Å². The van der Waals surface area contributed by atoms with E-state index in [0.717, 1.165) is 11.3 Å². The van der Waals surface area contributed by atoms with Gasteiger partial charge in [0.15, 0.2) is 0 Å². The fourth-order valence-electron chi connectivity index (χ4n) is 2.00. The smallest absolute Gasteiger partial charge is 0.0877 e. The van der Waals surface area contributed by atoms with Gasteiger partial charge in [0.2, 0.25) is 0 Å². The zero-order valence-corrected chi connectivity index (χ0v) is 16.1. The first kappa shape index (κ1) is 22.5. The molecular weight excluding hydrogens is 498 g/mol. The molecule has 1 atom stereocenters. The minimum absolute atomic E-state index is 0. The number of thiophene rings is 1. The summed E-state index contributed by atoms with van der Waals surface area (Å²) in [6.07, 6.45) is 2.68. The van der Waals surface area contributed by atoms with Crippen LogP contribution in [-0.2, 0) is 20.1 Å². The molecule has 24 heavy (non-hydrogen) atoms. The third-order valence-corrected chi connectivity index (χ3v) is 3.71. The largest absolute Gasteiger partial charge is 0.513 e. The number of allylic oxidation sites excluding steroid dienone is 1. The Morgan fingerprint density at radius 2 is 2.04 bits per heavy atom. The van der Waals surface area contributed by atoms with Crippen LogP contribution in [0, 0.1) is 6.07 Å². The van der Waals surface area contributed by atoms with Crippen molar-refractivity contribution >= 4 is 21.4 Å². The van der Waals surface area contributed by atoms with Gasteiger partial charge in [-0.05, 0) is 42.5 Å². The topological polar surface area (TPSA) is 53.4 Å². The fourth-order valence-corrected chi connectivity index (χ4v) is 2.78. The Morgan fingerprint density at radius 3 is 2.58 bits per heavy atom. The van der Waals surface area contributed by atoms with Crippen LogP contribution in [0.15, 0.2) is 59.8 Å². The van der Waals surface area contributed by atoms with E-state index in [1.54, 1.807) is 18.3 Å². The first-order valence-corrected chi connectivity index (χ1v) is 7.80. The summed E-state index contributed by atoms with van der Waals surface area (Å²) in [5.41, 5.74) is 2.08. The summed E-state index contributed by atoms with van der Waals surface area (Å²) in [6.45, 7) is 3.10. The van der Waals surface area contributed by atoms with Gasteiger partial charge in [-0.1, -0.05) is 13.5 Å². The third kappa shape index (κ3) is 6.54. The summed E-state index contributed by atoms with van der Waals surface area (Å²) in [4.78, 5) is 4.42. The van der Waals surface area contributed by atoms with Gasteiger partial charge >= 0.3 is 0 Å². The minimum Gasteiger partial charge on any atom is -0.513 e. The summed E-state index contributed by atoms with van der Waals surface area (Å²) in [5.74, 6) is 0.162. The number of aromatic nitrogens is 1. The van der Waals surface area contributed by atoms with Crippen LogP contribution >= 0.6 is 11.3 Å². The van der Waals surface area contributed by atoms with Crippen molar-refractivity contribution in [1.29, 1.82) is 0 Å². The van der Waals surface area contributed by atoms with E-state index in [4.69, 9.17) is 10.2 Å². The molecule has 1 aromatic carbocycles. The molecule has 0 saturated heterocycles. The second kappa shape index (κ2) is 11.1. The molecule has 3 rings (SSSR count). The number of aliphatic hydroxyl groups is 2. The molecule has 2 N–H and O–H groups in total. The summed E-state index contributed by atoms with van der Waals surface area (Å²) in [7, 11) is 0. The molecule has 0 aliphatic rings. The van der Waals surface area contributed by atoms with E-state index in [0.29, 0.717) is 0 Å². The maximum Gasteiger partial charge on any atom is 0.0877 e. The van der Waals surface area contributed by atoms with Crippen LogP contribution in [0.3, 0.4) is 0 Å². The Morgan fingerprint density at radius 1 is 1.29 bits per heavy atom. The van der Waals surface area contributed by atoms with Crippen molar-refractivity contribution in [3.05, 3.63) is 65.9 Å². The second-order valence-electron chi connectivity index (χ2n) is 4.82. The molecule has 1 unspecified atom stereocenters. The van der Waals surface area contributed by atoms with Gasteiger partial charge in [0.05, 0.1) is 11.9 Å². The number of pyridine rings is 1. The van der Waals surface area contributed by atoms with E-state index >= 15 is 0 Å². The first-order valence-electron chi connectivity index (χ1n) is 6.92. The number of rotatable bonds is 2. The quantitative estimate of drug-likeness (QED) is 0.360. The predicted octanol–water partition coefficient (Wildman–Crippen LogP) is 5.23. The molecule has 0 aliphatic carbocycles. The number of hydrogen-bond donors (Lipinski definition) is 2. The van der Waals surface area contributed by atoms with Gasteiger partial charge in [0, 0.05) is 31.0 Å². The third-order valence-electron chi connectivity index (χ3n) is 2.83. The monoisotopic (exact) mass is 521 g/mol. The summed E-state index contributed by atoms with van der Waals surface area (Å²) >= 11 is 1.74. The van der Waals surface area contributed by atoms with Crippen molar-refractivity contribution in [2.24, 2.45) is 0 Å². The average Bonchev–Trinajstić information content (AvgIpc) is 2.95. The van der Waals surface area contributed by atoms with Crippen LogP contribution in [-0.4, -0.2) is 21.3 Å². The van der Waals surface area contributed by atoms with Gasteiger partial charge in [-0.25, -0.2) is 0 Å². The Kier molecular flexibility index (Phi) is 10.4. The Balaban J connectivity index is 0.000000516. The summed E-state index contributed by atoms with van der Waals surface area (Å²) < 4.78 is 1.28. The molecule has 0 fully saturated rings. The van der Waals surface area contributed by atoms with Crippen molar-refractivity contribution < 1.29 is 30.3 Å². The minimum atomic E-state index is -0.537. The van der Waals surface area contributed by atoms with Gasteiger partial charge in [0.1, 0.15) is 0 Å². The van der Waals surface area contributed by atoms with E-state index in [2.05, 4.69) is 22.5 Å². The van der Waals surface area contributed by atoms with E-state index in [1.807, 2.05) is 36.5 Å². The molecular formula is C19H22IrNO2S-. The molecule has 0 spiro atoms. The van der Waals surface area contributed by atoms with Crippen LogP contribution in [0.4, 0.5) is 0 Å². The van der Waals surface area contributed by atoms with Gasteiger partial charge in [-0.15, -0.1) is 47.2 Å². The number of fused-ring (bicyclic) bond motifs is 1. The Bertz CT molecular complexity index is 750. The van der Waals surface area contributed by atoms with Crippen molar-refractivity contribution in [3.63, 3.8) is 0 Å². The maximum atomic E-state index is 8.49. The second-order valence-corrected chi connectivity index (χ2v) is 5.76. The zero-order valence-electron chi connectivity index (χ0n) is 12.9. The average molecular weight is 521 g/mol. The molecule has 1 radical (unpaired) electrons. The van der Waals surface area contributed by atoms with Gasteiger partial charge in [-0.3, -0.25) is 0 Å². The van der Waals surface area contributed by atoms with Gasteiger partial charge < -0.3 is 15.2 Å². The normalized spacial score (nSPS) is 11.5. The number of aliphatic hydroxyl groups excluding tert-OH is 2. The summed E-state index contributed by atoms with van der Waals surface area (Å²) in [6, 6.07) is 15.3. The van der Waals surface area contributed by atoms with E-state index in [9.17, 15) is 0 Å². The van der Waals surface area contributed by atoms with Crippen molar-refractivity contribution in [2.75, 3.05) is 0 Å². The maximum absolute atomic E-state index is 8.49. The molecule has 0 amide bonds. The van der Waals surface area contributed by atoms with Crippen molar-refractivity contribution in [3.8, 4) is 11.3 Å². The van der Waals surface area contributed by atoms with Crippen LogP contribution in [0.2, 0.25) is 0 Å². The molecule has 0 aliphatic heterocycles.